The highest BCUT2D eigenvalue weighted by molar-refractivity contribution is 5.59. The number of aromatic nitrogens is 4. The van der Waals surface area contributed by atoms with Crippen LogP contribution in [0.4, 0.5) is 11.6 Å². The summed E-state index contributed by atoms with van der Waals surface area (Å²) >= 11 is 0. The third-order valence-electron chi connectivity index (χ3n) is 6.16. The zero-order valence-electron chi connectivity index (χ0n) is 16.7. The van der Waals surface area contributed by atoms with Gasteiger partial charge in [0, 0.05) is 25.3 Å². The number of tetrazole rings is 1. The zero-order valence-corrected chi connectivity index (χ0v) is 16.7. The molecule has 6 nitrogen and oxygen atoms in total. The van der Waals surface area contributed by atoms with E-state index < -0.39 is 0 Å². The van der Waals surface area contributed by atoms with Crippen LogP contribution in [0.5, 0.6) is 0 Å². The standard InChI is InChI=1S/C21H32N6/c1-3-27(15-16-8-4-5-9-16)20-13-18-11-7-6-10-17(18)12-19(20)14-22-21-23-25-26(2)24-21/h12-13,16H,3-11,14-15H2,1-2H3,(H,22,24). The second-order valence-corrected chi connectivity index (χ2v) is 8.10. The highest BCUT2D eigenvalue weighted by Gasteiger charge is 2.21. The molecule has 2 aliphatic rings. The molecule has 1 N–H and O–H groups in total. The topological polar surface area (TPSA) is 58.9 Å². The summed E-state index contributed by atoms with van der Waals surface area (Å²) in [5.41, 5.74) is 5.86. The van der Waals surface area contributed by atoms with E-state index in [1.165, 1.54) is 79.5 Å². The Labute approximate surface area is 162 Å². The Morgan fingerprint density at radius 3 is 2.52 bits per heavy atom. The smallest absolute Gasteiger partial charge is 0.263 e. The van der Waals surface area contributed by atoms with Crippen LogP contribution < -0.4 is 10.2 Å². The van der Waals surface area contributed by atoms with Gasteiger partial charge in [-0.2, -0.15) is 4.80 Å². The molecule has 0 unspecified atom stereocenters. The van der Waals surface area contributed by atoms with Gasteiger partial charge in [-0.1, -0.05) is 24.0 Å². The van der Waals surface area contributed by atoms with E-state index in [1.807, 2.05) is 0 Å². The van der Waals surface area contributed by atoms with Crippen LogP contribution in [0.2, 0.25) is 0 Å². The average Bonchev–Trinajstić information content (AvgIpc) is 3.35. The fraction of sp³-hybridized carbons (Fsp3) is 0.667. The first-order chi connectivity index (χ1) is 13.2. The van der Waals surface area contributed by atoms with E-state index in [-0.39, 0.29) is 0 Å². The lowest BCUT2D eigenvalue weighted by Crippen LogP contribution is -2.30. The maximum Gasteiger partial charge on any atom is 0.263 e. The van der Waals surface area contributed by atoms with Gasteiger partial charge >= 0.3 is 0 Å². The van der Waals surface area contributed by atoms with E-state index in [4.69, 9.17) is 0 Å². The Kier molecular flexibility index (Phi) is 5.60. The van der Waals surface area contributed by atoms with E-state index in [0.29, 0.717) is 5.95 Å². The molecule has 1 aromatic carbocycles. The first kappa shape index (κ1) is 18.3. The van der Waals surface area contributed by atoms with E-state index >= 15 is 0 Å². The monoisotopic (exact) mass is 368 g/mol. The van der Waals surface area contributed by atoms with Gasteiger partial charge in [-0.3, -0.25) is 0 Å². The molecule has 0 bridgehead atoms. The molecule has 1 saturated carbocycles. The van der Waals surface area contributed by atoms with Gasteiger partial charge in [0.1, 0.15) is 0 Å². The van der Waals surface area contributed by atoms with E-state index in [2.05, 4.69) is 44.7 Å². The summed E-state index contributed by atoms with van der Waals surface area (Å²) in [5.74, 6) is 1.45. The summed E-state index contributed by atoms with van der Waals surface area (Å²) in [5, 5.41) is 15.6. The van der Waals surface area contributed by atoms with Crippen molar-refractivity contribution in [2.24, 2.45) is 13.0 Å². The molecule has 146 valence electrons. The van der Waals surface area contributed by atoms with Crippen LogP contribution in [-0.2, 0) is 26.4 Å². The van der Waals surface area contributed by atoms with Crippen molar-refractivity contribution >= 4 is 11.6 Å². The lowest BCUT2D eigenvalue weighted by atomic mass is 9.89. The van der Waals surface area contributed by atoms with Crippen molar-refractivity contribution < 1.29 is 0 Å². The van der Waals surface area contributed by atoms with Crippen molar-refractivity contribution in [1.82, 2.24) is 20.2 Å². The minimum absolute atomic E-state index is 0.597. The van der Waals surface area contributed by atoms with Crippen molar-refractivity contribution in [2.45, 2.75) is 64.8 Å². The largest absolute Gasteiger partial charge is 0.371 e. The third kappa shape index (κ3) is 4.25. The summed E-state index contributed by atoms with van der Waals surface area (Å²) in [6.45, 7) is 5.28. The van der Waals surface area contributed by atoms with E-state index in [9.17, 15) is 0 Å². The van der Waals surface area contributed by atoms with Crippen molar-refractivity contribution in [1.29, 1.82) is 0 Å². The van der Waals surface area contributed by atoms with Crippen molar-refractivity contribution in [2.75, 3.05) is 23.3 Å². The summed E-state index contributed by atoms with van der Waals surface area (Å²) in [4.78, 5) is 4.10. The minimum Gasteiger partial charge on any atom is -0.371 e. The summed E-state index contributed by atoms with van der Waals surface area (Å²) in [6, 6.07) is 4.92. The molecule has 4 rings (SSSR count). The summed E-state index contributed by atoms with van der Waals surface area (Å²) in [7, 11) is 1.79. The minimum atomic E-state index is 0.597. The molecule has 0 amide bonds. The normalized spacial score (nSPS) is 17.1. The molecule has 0 radical (unpaired) electrons. The Balaban J connectivity index is 1.59. The second kappa shape index (κ2) is 8.28. The highest BCUT2D eigenvalue weighted by Crippen LogP contribution is 2.33. The number of nitrogens with one attached hydrogen (secondary N) is 1. The van der Waals surface area contributed by atoms with Gasteiger partial charge in [-0.15, -0.1) is 5.10 Å². The maximum absolute atomic E-state index is 4.26. The molecule has 1 aromatic heterocycles. The molecule has 6 heteroatoms. The van der Waals surface area contributed by atoms with Crippen LogP contribution in [-0.4, -0.2) is 33.3 Å². The van der Waals surface area contributed by atoms with Gasteiger partial charge in [0.15, 0.2) is 0 Å². The Hall–Kier alpha value is -2.11. The number of aryl methyl sites for hydroxylation is 3. The lowest BCUT2D eigenvalue weighted by molar-refractivity contribution is 0.535. The number of benzene rings is 1. The first-order valence-electron chi connectivity index (χ1n) is 10.6. The number of hydrogen-bond donors (Lipinski definition) is 1. The highest BCUT2D eigenvalue weighted by atomic mass is 15.6. The van der Waals surface area contributed by atoms with Gasteiger partial charge < -0.3 is 10.2 Å². The maximum atomic E-state index is 4.26. The zero-order chi connectivity index (χ0) is 18.6. The van der Waals surface area contributed by atoms with Gasteiger partial charge in [0.05, 0.1) is 7.05 Å². The molecule has 27 heavy (non-hydrogen) atoms. The fourth-order valence-electron chi connectivity index (χ4n) is 4.69. The second-order valence-electron chi connectivity index (χ2n) is 8.10. The quantitative estimate of drug-likeness (QED) is 0.807. The number of fused-ring (bicyclic) bond motifs is 1. The van der Waals surface area contributed by atoms with Crippen molar-refractivity contribution in [3.05, 3.63) is 28.8 Å². The molecule has 0 spiro atoms. The number of hydrogen-bond acceptors (Lipinski definition) is 5. The third-order valence-corrected chi connectivity index (χ3v) is 6.16. The molecule has 1 heterocycles. The molecule has 1 fully saturated rings. The van der Waals surface area contributed by atoms with Crippen LogP contribution in [0, 0.1) is 5.92 Å². The Morgan fingerprint density at radius 2 is 1.85 bits per heavy atom. The van der Waals surface area contributed by atoms with Gasteiger partial charge in [-0.05, 0) is 79.3 Å². The molecule has 2 aromatic rings. The Morgan fingerprint density at radius 1 is 1.11 bits per heavy atom. The average molecular weight is 369 g/mol. The molecule has 0 aliphatic heterocycles. The first-order valence-corrected chi connectivity index (χ1v) is 10.6. The molecule has 0 saturated heterocycles. The summed E-state index contributed by atoms with van der Waals surface area (Å²) < 4.78 is 0. The molecule has 0 atom stereocenters. The van der Waals surface area contributed by atoms with E-state index in [0.717, 1.165) is 19.0 Å². The van der Waals surface area contributed by atoms with Crippen molar-refractivity contribution in [3.8, 4) is 0 Å². The van der Waals surface area contributed by atoms with Crippen LogP contribution in [0.25, 0.3) is 0 Å². The number of rotatable bonds is 7. The molecule has 2 aliphatic carbocycles. The van der Waals surface area contributed by atoms with Crippen LogP contribution in [0.1, 0.15) is 62.1 Å². The molecular formula is C21H32N6. The summed E-state index contributed by atoms with van der Waals surface area (Å²) in [6.07, 6.45) is 10.6. The van der Waals surface area contributed by atoms with Gasteiger partial charge in [0.2, 0.25) is 0 Å². The van der Waals surface area contributed by atoms with Crippen LogP contribution in [0.15, 0.2) is 12.1 Å². The Bertz CT molecular complexity index is 762. The van der Waals surface area contributed by atoms with Crippen molar-refractivity contribution in [3.63, 3.8) is 0 Å². The SMILES string of the molecule is CCN(CC1CCCC1)c1cc2c(cc1CNc1nnn(C)n1)CCCC2. The fourth-order valence-corrected chi connectivity index (χ4v) is 4.69. The predicted octanol–water partition coefficient (Wildman–Crippen LogP) is 3.72. The molecular weight excluding hydrogens is 336 g/mol. The van der Waals surface area contributed by atoms with Crippen LogP contribution >= 0.6 is 0 Å². The predicted molar refractivity (Wildman–Crippen MR) is 109 cm³/mol. The van der Waals surface area contributed by atoms with Gasteiger partial charge in [-0.25, -0.2) is 0 Å². The lowest BCUT2D eigenvalue weighted by Gasteiger charge is -2.30. The number of anilines is 2. The van der Waals surface area contributed by atoms with E-state index in [1.54, 1.807) is 12.6 Å². The number of nitrogens with zero attached hydrogens (tertiary/aromatic N) is 5. The van der Waals surface area contributed by atoms with Crippen LogP contribution in [0.3, 0.4) is 0 Å². The van der Waals surface area contributed by atoms with Gasteiger partial charge in [0.25, 0.3) is 5.95 Å².